The Morgan fingerprint density at radius 1 is 1.07 bits per heavy atom. The largest absolute Gasteiger partial charge is 0.449 e. The Kier molecular flexibility index (Phi) is 5.06. The van der Waals surface area contributed by atoms with Crippen LogP contribution in [0.4, 0.5) is 10.5 Å². The molecule has 3 aromatic rings. The first kappa shape index (κ1) is 17.8. The van der Waals surface area contributed by atoms with Gasteiger partial charge in [0.1, 0.15) is 6.61 Å². The first-order valence-corrected chi connectivity index (χ1v) is 9.19. The second-order valence-corrected chi connectivity index (χ2v) is 6.61. The number of ether oxygens (including phenoxy) is 1. The summed E-state index contributed by atoms with van der Waals surface area (Å²) in [6.45, 7) is 0.657. The Labute approximate surface area is 163 Å². The van der Waals surface area contributed by atoms with Crippen LogP contribution in [0.15, 0.2) is 73.1 Å². The molecule has 0 spiro atoms. The van der Waals surface area contributed by atoms with Gasteiger partial charge in [0.05, 0.1) is 0 Å². The summed E-state index contributed by atoms with van der Waals surface area (Å²) in [4.78, 5) is 16.1. The third kappa shape index (κ3) is 3.60. The lowest BCUT2D eigenvalue weighted by Crippen LogP contribution is -2.26. The van der Waals surface area contributed by atoms with E-state index in [1.165, 1.54) is 22.3 Å². The predicted octanol–water partition coefficient (Wildman–Crippen LogP) is 4.22. The number of nitrogens with one attached hydrogen (secondary N) is 1. The van der Waals surface area contributed by atoms with E-state index < -0.39 is 6.09 Å². The summed E-state index contributed by atoms with van der Waals surface area (Å²) in [5, 5.41) is 2.74. The van der Waals surface area contributed by atoms with Crippen LogP contribution in [0.1, 0.15) is 22.6 Å². The molecule has 2 aromatic carbocycles. The first-order chi connectivity index (χ1) is 13.7. The Balaban J connectivity index is 1.35. The average molecular weight is 371 g/mol. The van der Waals surface area contributed by atoms with Crippen molar-refractivity contribution in [3.63, 3.8) is 0 Å². The minimum atomic E-state index is -0.439. The summed E-state index contributed by atoms with van der Waals surface area (Å²) in [5.74, 6) is 0.0592. The van der Waals surface area contributed by atoms with E-state index in [9.17, 15) is 4.79 Å². The maximum Gasteiger partial charge on any atom is 0.407 e. The molecule has 0 saturated carbocycles. The Bertz CT molecular complexity index is 984. The zero-order chi connectivity index (χ0) is 19.3. The lowest BCUT2D eigenvalue weighted by Gasteiger charge is -2.14. The van der Waals surface area contributed by atoms with Crippen LogP contribution in [0.25, 0.3) is 17.2 Å². The number of pyridine rings is 1. The molecule has 28 heavy (non-hydrogen) atoms. The van der Waals surface area contributed by atoms with Crippen molar-refractivity contribution in [2.45, 2.75) is 5.92 Å². The second-order valence-electron chi connectivity index (χ2n) is 6.61. The fraction of sp³-hybridized carbons (Fsp3) is 0.130. The van der Waals surface area contributed by atoms with Crippen molar-refractivity contribution in [3.8, 4) is 11.1 Å². The number of nitrogens with two attached hydrogens (primary N) is 1. The summed E-state index contributed by atoms with van der Waals surface area (Å²) in [5.41, 5.74) is 12.1. The van der Waals surface area contributed by atoms with Gasteiger partial charge in [0.2, 0.25) is 0 Å². The topological polar surface area (TPSA) is 77.2 Å². The molecular formula is C23H21N3O2. The van der Waals surface area contributed by atoms with E-state index in [4.69, 9.17) is 10.5 Å². The Morgan fingerprint density at radius 3 is 2.43 bits per heavy atom. The van der Waals surface area contributed by atoms with Crippen molar-refractivity contribution in [2.24, 2.45) is 0 Å². The van der Waals surface area contributed by atoms with Crippen molar-refractivity contribution in [3.05, 3.63) is 89.8 Å². The fourth-order valence-corrected chi connectivity index (χ4v) is 3.53. The van der Waals surface area contributed by atoms with Crippen molar-refractivity contribution in [1.29, 1.82) is 0 Å². The molecule has 0 unspecified atom stereocenters. The van der Waals surface area contributed by atoms with Crippen LogP contribution in [-0.2, 0) is 4.74 Å². The van der Waals surface area contributed by atoms with Crippen molar-refractivity contribution in [2.75, 3.05) is 18.9 Å². The quantitative estimate of drug-likeness (QED) is 0.704. The molecule has 0 fully saturated rings. The van der Waals surface area contributed by atoms with Crippen LogP contribution in [0.5, 0.6) is 0 Å². The van der Waals surface area contributed by atoms with Crippen molar-refractivity contribution in [1.82, 2.24) is 10.3 Å². The van der Waals surface area contributed by atoms with Crippen LogP contribution < -0.4 is 11.1 Å². The number of benzene rings is 2. The molecule has 1 aromatic heterocycles. The van der Waals surface area contributed by atoms with E-state index in [-0.39, 0.29) is 5.92 Å². The molecule has 5 nitrogen and oxygen atoms in total. The molecule has 3 N–H and O–H groups in total. The van der Waals surface area contributed by atoms with Gasteiger partial charge in [-0.1, -0.05) is 60.7 Å². The van der Waals surface area contributed by atoms with E-state index in [1.807, 2.05) is 36.4 Å². The van der Waals surface area contributed by atoms with Gasteiger partial charge >= 0.3 is 6.09 Å². The first-order valence-electron chi connectivity index (χ1n) is 9.19. The zero-order valence-corrected chi connectivity index (χ0v) is 15.3. The third-order valence-corrected chi connectivity index (χ3v) is 4.89. The summed E-state index contributed by atoms with van der Waals surface area (Å²) >= 11 is 0. The van der Waals surface area contributed by atoms with Crippen molar-refractivity contribution < 1.29 is 9.53 Å². The zero-order valence-electron chi connectivity index (χ0n) is 15.3. The lowest BCUT2D eigenvalue weighted by atomic mass is 9.98. The van der Waals surface area contributed by atoms with Gasteiger partial charge in [-0.3, -0.25) is 4.98 Å². The Hall–Kier alpha value is -3.60. The highest BCUT2D eigenvalue weighted by atomic mass is 16.5. The highest BCUT2D eigenvalue weighted by Gasteiger charge is 2.28. The molecule has 1 aliphatic rings. The van der Waals surface area contributed by atoms with Gasteiger partial charge in [-0.2, -0.15) is 0 Å². The molecule has 1 aliphatic carbocycles. The maximum absolute atomic E-state index is 12.1. The number of nitrogen functional groups attached to an aromatic ring is 1. The van der Waals surface area contributed by atoms with Crippen LogP contribution in [0.3, 0.4) is 0 Å². The van der Waals surface area contributed by atoms with Gasteiger partial charge in [-0.25, -0.2) is 4.79 Å². The molecule has 0 saturated heterocycles. The molecule has 0 bridgehead atoms. The average Bonchev–Trinajstić information content (AvgIpc) is 3.05. The molecule has 0 radical (unpaired) electrons. The molecule has 140 valence electrons. The number of carbonyl (C=O) groups excluding carboxylic acids is 1. The standard InChI is InChI=1S/C23H21N3O2/c24-22-11-13-25-14-16(22)6-5-12-26-23(27)28-15-21-19-9-3-1-7-17(19)18-8-2-4-10-20(18)21/h1-11,13-14,21H,12,15H2,(H2,24,25)(H,26,27). The normalized spacial score (nSPS) is 12.6. The fourth-order valence-electron chi connectivity index (χ4n) is 3.53. The van der Waals surface area contributed by atoms with Crippen molar-refractivity contribution >= 4 is 17.9 Å². The third-order valence-electron chi connectivity index (χ3n) is 4.89. The molecule has 1 amide bonds. The molecule has 4 rings (SSSR count). The van der Waals surface area contributed by atoms with E-state index in [1.54, 1.807) is 18.5 Å². The highest BCUT2D eigenvalue weighted by Crippen LogP contribution is 2.44. The van der Waals surface area contributed by atoms with E-state index in [2.05, 4.69) is 34.6 Å². The van der Waals surface area contributed by atoms with E-state index in [0.717, 1.165) is 5.56 Å². The van der Waals surface area contributed by atoms with Gasteiger partial charge in [0, 0.05) is 36.1 Å². The molecule has 5 heteroatoms. The highest BCUT2D eigenvalue weighted by molar-refractivity contribution is 5.79. The number of nitrogens with zero attached hydrogens (tertiary/aromatic N) is 1. The number of anilines is 1. The number of hydrogen-bond donors (Lipinski definition) is 2. The number of hydrogen-bond acceptors (Lipinski definition) is 4. The number of amides is 1. The van der Waals surface area contributed by atoms with Gasteiger partial charge in [-0.05, 0) is 28.3 Å². The van der Waals surface area contributed by atoms with Gasteiger partial charge < -0.3 is 15.8 Å². The summed E-state index contributed by atoms with van der Waals surface area (Å²) in [6, 6.07) is 18.3. The van der Waals surface area contributed by atoms with Gasteiger partial charge in [-0.15, -0.1) is 0 Å². The summed E-state index contributed by atoms with van der Waals surface area (Å²) in [6.07, 6.45) is 6.52. The van der Waals surface area contributed by atoms with Gasteiger partial charge in [0.25, 0.3) is 0 Å². The van der Waals surface area contributed by atoms with Crippen LogP contribution in [-0.4, -0.2) is 24.2 Å². The second kappa shape index (κ2) is 7.96. The monoisotopic (exact) mass is 371 g/mol. The smallest absolute Gasteiger partial charge is 0.407 e. The minimum Gasteiger partial charge on any atom is -0.449 e. The lowest BCUT2D eigenvalue weighted by molar-refractivity contribution is 0.144. The molecule has 0 aliphatic heterocycles. The number of alkyl carbamates (subject to hydrolysis) is 1. The number of aromatic nitrogens is 1. The van der Waals surface area contributed by atoms with E-state index in [0.29, 0.717) is 18.8 Å². The Morgan fingerprint density at radius 2 is 1.75 bits per heavy atom. The molecular weight excluding hydrogens is 350 g/mol. The van der Waals surface area contributed by atoms with Gasteiger partial charge in [0.15, 0.2) is 0 Å². The SMILES string of the molecule is Nc1ccncc1C=CCNC(=O)OCC1c2ccccc2-c2ccccc21. The summed E-state index contributed by atoms with van der Waals surface area (Å²) in [7, 11) is 0. The predicted molar refractivity (Wildman–Crippen MR) is 111 cm³/mol. The minimum absolute atomic E-state index is 0.0592. The van der Waals surface area contributed by atoms with Crippen LogP contribution in [0.2, 0.25) is 0 Å². The summed E-state index contributed by atoms with van der Waals surface area (Å²) < 4.78 is 5.49. The number of fused-ring (bicyclic) bond motifs is 3. The number of carbonyl (C=O) groups is 1. The molecule has 1 heterocycles. The van der Waals surface area contributed by atoms with E-state index >= 15 is 0 Å². The molecule has 0 atom stereocenters. The van der Waals surface area contributed by atoms with Crippen LogP contribution in [0, 0.1) is 0 Å². The van der Waals surface area contributed by atoms with Crippen LogP contribution >= 0.6 is 0 Å². The number of rotatable bonds is 5. The maximum atomic E-state index is 12.1.